The molecule has 3 aromatic rings. The van der Waals surface area contributed by atoms with Gasteiger partial charge in [-0.2, -0.15) is 5.10 Å². The minimum Gasteiger partial charge on any atom is -0.493 e. The van der Waals surface area contributed by atoms with Gasteiger partial charge in [0.15, 0.2) is 11.5 Å². The minimum absolute atomic E-state index is 0.267. The monoisotopic (exact) mass is 471 g/mol. The summed E-state index contributed by atoms with van der Waals surface area (Å²) >= 11 is 3.15. The Bertz CT molecular complexity index is 1170. The largest absolute Gasteiger partial charge is 0.514 e. The molecule has 168 valence electrons. The van der Waals surface area contributed by atoms with E-state index < -0.39 is 11.8 Å². The van der Waals surface area contributed by atoms with Crippen molar-refractivity contribution < 1.29 is 19.0 Å². The summed E-state index contributed by atoms with van der Waals surface area (Å²) in [6.07, 6.45) is 2.66. The van der Waals surface area contributed by atoms with Crippen molar-refractivity contribution in [3.63, 3.8) is 0 Å². The van der Waals surface area contributed by atoms with Crippen molar-refractivity contribution in [1.29, 1.82) is 0 Å². The zero-order valence-corrected chi connectivity index (χ0v) is 20.0. The second kappa shape index (κ2) is 10.4. The van der Waals surface area contributed by atoms with Gasteiger partial charge in [0.25, 0.3) is 0 Å². The quantitative estimate of drug-likeness (QED) is 0.195. The zero-order valence-electron chi connectivity index (χ0n) is 18.4. The number of aromatic nitrogens is 1. The molecule has 0 N–H and O–H groups in total. The highest BCUT2D eigenvalue weighted by Crippen LogP contribution is 2.29. The van der Waals surface area contributed by atoms with Crippen LogP contribution in [0.4, 0.5) is 4.79 Å². The Morgan fingerprint density at radius 2 is 2.03 bits per heavy atom. The normalized spacial score (nSPS) is 12.2. The first-order valence-electron chi connectivity index (χ1n) is 9.80. The molecule has 0 spiro atoms. The Hall–Kier alpha value is -3.17. The maximum atomic E-state index is 12.0. The van der Waals surface area contributed by atoms with Crippen LogP contribution in [0, 0.1) is 0 Å². The molecule has 0 saturated carbocycles. The summed E-state index contributed by atoms with van der Waals surface area (Å²) in [4.78, 5) is 18.4. The van der Waals surface area contributed by atoms with E-state index in [1.54, 1.807) is 67.3 Å². The fraction of sp³-hybridized carbons (Fsp3) is 0.261. The summed E-state index contributed by atoms with van der Waals surface area (Å²) in [6.45, 7) is 9.55. The predicted octanol–water partition coefficient (Wildman–Crippen LogP) is 5.57. The number of hydrogen-bond acceptors (Lipinski definition) is 8. The fourth-order valence-corrected chi connectivity index (χ4v) is 4.23. The van der Waals surface area contributed by atoms with Gasteiger partial charge < -0.3 is 14.2 Å². The predicted molar refractivity (Wildman–Crippen MR) is 129 cm³/mol. The topological polar surface area (TPSA) is 74.4 Å². The van der Waals surface area contributed by atoms with Gasteiger partial charge in [0.2, 0.25) is 4.80 Å². The first-order chi connectivity index (χ1) is 15.3. The SMILES string of the molecule is C=CCN=c1scc(-c2cccs2)n1N=Cc1ccc(OC(=O)OC(C)(C)C)c(OC)c1. The number of carbonyl (C=O) groups excluding carboxylic acids is 1. The molecule has 9 heteroatoms. The number of thiophene rings is 1. The van der Waals surface area contributed by atoms with Crippen LogP contribution in [0.5, 0.6) is 11.5 Å². The summed E-state index contributed by atoms with van der Waals surface area (Å²) in [6, 6.07) is 9.21. The van der Waals surface area contributed by atoms with E-state index in [1.807, 2.05) is 22.9 Å². The maximum Gasteiger partial charge on any atom is 0.514 e. The molecule has 0 unspecified atom stereocenters. The summed E-state index contributed by atoms with van der Waals surface area (Å²) < 4.78 is 17.7. The lowest BCUT2D eigenvalue weighted by Crippen LogP contribution is -2.26. The molecule has 0 aliphatic carbocycles. The lowest BCUT2D eigenvalue weighted by molar-refractivity contribution is 0.0201. The van der Waals surface area contributed by atoms with Gasteiger partial charge in [-0.15, -0.1) is 29.3 Å². The zero-order chi connectivity index (χ0) is 23.1. The lowest BCUT2D eigenvalue weighted by atomic mass is 10.2. The van der Waals surface area contributed by atoms with Crippen LogP contribution < -0.4 is 14.3 Å². The Kier molecular flexibility index (Phi) is 7.66. The van der Waals surface area contributed by atoms with Crippen LogP contribution in [0.15, 0.2) is 63.8 Å². The van der Waals surface area contributed by atoms with Crippen molar-refractivity contribution in [2.24, 2.45) is 10.1 Å². The maximum absolute atomic E-state index is 12.0. The molecule has 32 heavy (non-hydrogen) atoms. The molecule has 0 saturated heterocycles. The second-order valence-corrected chi connectivity index (χ2v) is 9.33. The van der Waals surface area contributed by atoms with Crippen LogP contribution in [0.3, 0.4) is 0 Å². The van der Waals surface area contributed by atoms with Gasteiger partial charge in [0.05, 0.1) is 30.4 Å². The number of benzene rings is 1. The molecule has 0 aliphatic heterocycles. The van der Waals surface area contributed by atoms with Crippen molar-refractivity contribution >= 4 is 35.0 Å². The van der Waals surface area contributed by atoms with Crippen molar-refractivity contribution in [3.05, 3.63) is 64.1 Å². The van der Waals surface area contributed by atoms with E-state index in [1.165, 1.54) is 18.4 Å². The van der Waals surface area contributed by atoms with Crippen LogP contribution in [0.1, 0.15) is 26.3 Å². The van der Waals surface area contributed by atoms with Crippen molar-refractivity contribution in [1.82, 2.24) is 4.68 Å². The van der Waals surface area contributed by atoms with E-state index in [9.17, 15) is 4.79 Å². The number of hydrogen-bond donors (Lipinski definition) is 0. The average molecular weight is 472 g/mol. The molecule has 0 radical (unpaired) electrons. The number of rotatable bonds is 7. The third kappa shape index (κ3) is 6.18. The number of nitrogens with zero attached hydrogens (tertiary/aromatic N) is 3. The second-order valence-electron chi connectivity index (χ2n) is 7.54. The third-order valence-corrected chi connectivity index (χ3v) is 5.65. The Morgan fingerprint density at radius 1 is 1.22 bits per heavy atom. The third-order valence-electron chi connectivity index (χ3n) is 3.91. The molecule has 2 heterocycles. The standard InChI is InChI=1S/C23H25N3O4S2/c1-6-11-24-21-26(17(15-32-21)20-8-7-12-31-20)25-14-16-9-10-18(19(13-16)28-5)29-22(27)30-23(2,3)4/h6-10,12-15H,1,11H2,2-5H3. The molecule has 0 amide bonds. The van der Waals surface area contributed by atoms with Crippen molar-refractivity contribution in [2.45, 2.75) is 26.4 Å². The van der Waals surface area contributed by atoms with E-state index >= 15 is 0 Å². The lowest BCUT2D eigenvalue weighted by Gasteiger charge is -2.19. The van der Waals surface area contributed by atoms with E-state index in [0.717, 1.165) is 20.9 Å². The molecule has 0 fully saturated rings. The summed E-state index contributed by atoms with van der Waals surface area (Å²) in [5, 5.41) is 8.71. The Balaban J connectivity index is 1.89. The molecule has 2 aromatic heterocycles. The van der Waals surface area contributed by atoms with Crippen LogP contribution in [0.2, 0.25) is 0 Å². The van der Waals surface area contributed by atoms with Gasteiger partial charge in [-0.25, -0.2) is 9.47 Å². The van der Waals surface area contributed by atoms with Gasteiger partial charge in [-0.3, -0.25) is 4.99 Å². The van der Waals surface area contributed by atoms with Crippen molar-refractivity contribution in [2.75, 3.05) is 13.7 Å². The number of carbonyl (C=O) groups is 1. The fourth-order valence-electron chi connectivity index (χ4n) is 2.59. The minimum atomic E-state index is -0.792. The van der Waals surface area contributed by atoms with Gasteiger partial charge >= 0.3 is 6.16 Å². The smallest absolute Gasteiger partial charge is 0.493 e. The highest BCUT2D eigenvalue weighted by atomic mass is 32.1. The summed E-state index contributed by atoms with van der Waals surface area (Å²) in [7, 11) is 1.51. The Labute approximate surface area is 194 Å². The molecule has 3 rings (SSSR count). The molecular weight excluding hydrogens is 446 g/mol. The first kappa shape index (κ1) is 23.5. The van der Waals surface area contributed by atoms with Gasteiger partial charge in [-0.05, 0) is 56.0 Å². The van der Waals surface area contributed by atoms with E-state index in [2.05, 4.69) is 16.7 Å². The summed E-state index contributed by atoms with van der Waals surface area (Å²) in [5.74, 6) is 0.660. The van der Waals surface area contributed by atoms with Crippen LogP contribution in [-0.4, -0.2) is 36.3 Å². The Morgan fingerprint density at radius 3 is 2.69 bits per heavy atom. The highest BCUT2D eigenvalue weighted by Gasteiger charge is 2.19. The van der Waals surface area contributed by atoms with E-state index in [0.29, 0.717) is 12.3 Å². The van der Waals surface area contributed by atoms with E-state index in [4.69, 9.17) is 14.2 Å². The van der Waals surface area contributed by atoms with Gasteiger partial charge in [0.1, 0.15) is 5.60 Å². The molecule has 0 atom stereocenters. The number of ether oxygens (including phenoxy) is 3. The van der Waals surface area contributed by atoms with E-state index in [-0.39, 0.29) is 5.75 Å². The molecule has 7 nitrogen and oxygen atoms in total. The van der Waals surface area contributed by atoms with Crippen molar-refractivity contribution in [3.8, 4) is 22.1 Å². The molecule has 1 aromatic carbocycles. The first-order valence-corrected chi connectivity index (χ1v) is 11.6. The number of methoxy groups -OCH3 is 1. The molecular formula is C23H25N3O4S2. The highest BCUT2D eigenvalue weighted by molar-refractivity contribution is 7.14. The van der Waals surface area contributed by atoms with Crippen LogP contribution in [0.25, 0.3) is 10.6 Å². The van der Waals surface area contributed by atoms with Crippen LogP contribution in [-0.2, 0) is 4.74 Å². The van der Waals surface area contributed by atoms with Gasteiger partial charge in [-0.1, -0.05) is 12.1 Å². The molecule has 0 bridgehead atoms. The average Bonchev–Trinajstić information content (AvgIpc) is 3.39. The summed E-state index contributed by atoms with van der Waals surface area (Å²) in [5.41, 5.74) is 1.08. The molecule has 0 aliphatic rings. The van der Waals surface area contributed by atoms with Crippen LogP contribution >= 0.6 is 22.7 Å². The van der Waals surface area contributed by atoms with Gasteiger partial charge in [0, 0.05) is 5.38 Å². The number of thiazole rings is 1.